The number of alkyl halides is 2. The minimum absolute atomic E-state index is 0.0307. The van der Waals surface area contributed by atoms with Crippen LogP contribution >= 0.6 is 0 Å². The fourth-order valence-electron chi connectivity index (χ4n) is 1.19. The van der Waals surface area contributed by atoms with Gasteiger partial charge in [-0.1, -0.05) is 0 Å². The second kappa shape index (κ2) is 4.02. The second-order valence-electron chi connectivity index (χ2n) is 3.47. The fraction of sp³-hybridized carbons (Fsp3) is 0.400. The van der Waals surface area contributed by atoms with Crippen molar-refractivity contribution in [1.82, 2.24) is 0 Å². The Balaban J connectivity index is 3.23. The molecule has 0 aliphatic heterocycles. The van der Waals surface area contributed by atoms with Crippen LogP contribution in [0.15, 0.2) is 18.2 Å². The first-order valence-corrected chi connectivity index (χ1v) is 4.34. The molecule has 84 valence electrons. The summed E-state index contributed by atoms with van der Waals surface area (Å²) in [6, 6.07) is 4.06. The van der Waals surface area contributed by atoms with Crippen LogP contribution < -0.4 is 10.5 Å². The first kappa shape index (κ1) is 11.7. The van der Waals surface area contributed by atoms with Gasteiger partial charge < -0.3 is 15.6 Å². The molecule has 0 fully saturated rings. The summed E-state index contributed by atoms with van der Waals surface area (Å²) in [6.45, 7) is 1.16. The van der Waals surface area contributed by atoms with E-state index >= 15 is 0 Å². The highest BCUT2D eigenvalue weighted by Gasteiger charge is 2.35. The van der Waals surface area contributed by atoms with Crippen molar-refractivity contribution < 1.29 is 18.6 Å². The van der Waals surface area contributed by atoms with Gasteiger partial charge in [0, 0.05) is 5.56 Å². The predicted octanol–water partition coefficient (Wildman–Crippen LogP) is 1.84. The molecule has 1 aromatic carbocycles. The number of phenols is 1. The number of rotatable bonds is 3. The highest BCUT2D eigenvalue weighted by Crippen LogP contribution is 2.34. The van der Waals surface area contributed by atoms with Crippen molar-refractivity contribution in [3.63, 3.8) is 0 Å². The highest BCUT2D eigenvalue weighted by atomic mass is 19.3. The van der Waals surface area contributed by atoms with E-state index < -0.39 is 12.0 Å². The Morgan fingerprint density at radius 1 is 1.47 bits per heavy atom. The zero-order valence-corrected chi connectivity index (χ0v) is 8.50. The van der Waals surface area contributed by atoms with E-state index in [0.29, 0.717) is 5.75 Å². The Morgan fingerprint density at radius 2 is 2.07 bits per heavy atom. The third-order valence-electron chi connectivity index (χ3n) is 2.24. The van der Waals surface area contributed by atoms with Crippen LogP contribution in [0.5, 0.6) is 11.5 Å². The minimum Gasteiger partial charge on any atom is -0.508 e. The lowest BCUT2D eigenvalue weighted by Gasteiger charge is -2.25. The zero-order valence-electron chi connectivity index (χ0n) is 8.50. The molecule has 0 radical (unpaired) electrons. The number of halogens is 2. The number of hydrogen-bond donors (Lipinski definition) is 2. The maximum atomic E-state index is 12.6. The zero-order chi connectivity index (χ0) is 11.6. The number of benzene rings is 1. The van der Waals surface area contributed by atoms with Gasteiger partial charge in [-0.2, -0.15) is 0 Å². The minimum atomic E-state index is -2.77. The number of ether oxygens (including phenoxy) is 1. The number of hydrogen-bond acceptors (Lipinski definition) is 3. The number of phenolic OH excluding ortho intramolecular Hbond substituents is 1. The second-order valence-corrected chi connectivity index (χ2v) is 3.47. The average molecular weight is 217 g/mol. The molecule has 1 atom stereocenters. The lowest BCUT2D eigenvalue weighted by Crippen LogP contribution is -2.40. The molecule has 5 heteroatoms. The van der Waals surface area contributed by atoms with Crippen molar-refractivity contribution in [1.29, 1.82) is 0 Å². The number of aromatic hydroxyl groups is 1. The van der Waals surface area contributed by atoms with Crippen molar-refractivity contribution in [3.05, 3.63) is 23.8 Å². The molecule has 0 heterocycles. The van der Waals surface area contributed by atoms with Crippen LogP contribution in [0.3, 0.4) is 0 Å². The van der Waals surface area contributed by atoms with Gasteiger partial charge in [-0.05, 0) is 25.1 Å². The summed E-state index contributed by atoms with van der Waals surface area (Å²) in [4.78, 5) is 0. The molecule has 3 nitrogen and oxygen atoms in total. The van der Waals surface area contributed by atoms with Gasteiger partial charge in [0.1, 0.15) is 17.0 Å². The largest absolute Gasteiger partial charge is 0.508 e. The van der Waals surface area contributed by atoms with Crippen molar-refractivity contribution in [2.24, 2.45) is 5.73 Å². The van der Waals surface area contributed by atoms with Crippen molar-refractivity contribution >= 4 is 0 Å². The normalized spacial score (nSPS) is 15.1. The van der Waals surface area contributed by atoms with Gasteiger partial charge >= 0.3 is 0 Å². The topological polar surface area (TPSA) is 55.5 Å². The molecule has 0 saturated carbocycles. The molecular formula is C10H13F2NO2. The monoisotopic (exact) mass is 217 g/mol. The van der Waals surface area contributed by atoms with Gasteiger partial charge in [-0.25, -0.2) is 8.78 Å². The van der Waals surface area contributed by atoms with E-state index in [1.165, 1.54) is 25.3 Å². The Morgan fingerprint density at radius 3 is 2.53 bits per heavy atom. The Bertz CT molecular complexity index is 353. The van der Waals surface area contributed by atoms with Gasteiger partial charge in [-0.15, -0.1) is 0 Å². The van der Waals surface area contributed by atoms with Gasteiger partial charge in [0.15, 0.2) is 0 Å². The van der Waals surface area contributed by atoms with Gasteiger partial charge in [-0.3, -0.25) is 0 Å². The van der Waals surface area contributed by atoms with Crippen LogP contribution in [0.25, 0.3) is 0 Å². The van der Waals surface area contributed by atoms with E-state index in [1.54, 1.807) is 0 Å². The lowest BCUT2D eigenvalue weighted by molar-refractivity contribution is 0.0610. The number of methoxy groups -OCH3 is 1. The maximum Gasteiger partial charge on any atom is 0.260 e. The van der Waals surface area contributed by atoms with E-state index in [0.717, 1.165) is 6.92 Å². The predicted molar refractivity (Wildman–Crippen MR) is 52.2 cm³/mol. The van der Waals surface area contributed by atoms with E-state index in [4.69, 9.17) is 10.5 Å². The summed E-state index contributed by atoms with van der Waals surface area (Å²) >= 11 is 0. The Hall–Kier alpha value is -1.36. The molecule has 0 aromatic heterocycles. The standard InChI is InChI=1S/C10H13F2NO2/c1-10(13,9(11)12)7-5-6(15-2)3-4-8(7)14/h3-5,9,14H,13H2,1-2H3. The fourth-order valence-corrected chi connectivity index (χ4v) is 1.19. The van der Waals surface area contributed by atoms with Crippen LogP contribution in [-0.2, 0) is 5.54 Å². The molecular weight excluding hydrogens is 204 g/mol. The molecule has 1 rings (SSSR count). The summed E-state index contributed by atoms with van der Waals surface area (Å²) in [5, 5.41) is 9.45. The van der Waals surface area contributed by atoms with Crippen LogP contribution in [-0.4, -0.2) is 18.6 Å². The smallest absolute Gasteiger partial charge is 0.260 e. The molecule has 0 spiro atoms. The SMILES string of the molecule is COc1ccc(O)c(C(C)(N)C(F)F)c1. The summed E-state index contributed by atoms with van der Waals surface area (Å²) in [5.41, 5.74) is 3.52. The average Bonchev–Trinajstić information content (AvgIpc) is 2.18. The molecule has 0 aliphatic rings. The first-order chi connectivity index (χ1) is 6.89. The van der Waals surface area contributed by atoms with Crippen molar-refractivity contribution in [2.75, 3.05) is 7.11 Å². The quantitative estimate of drug-likeness (QED) is 0.812. The van der Waals surface area contributed by atoms with Crippen LogP contribution in [0, 0.1) is 0 Å². The molecule has 1 unspecified atom stereocenters. The highest BCUT2D eigenvalue weighted by molar-refractivity contribution is 5.43. The first-order valence-electron chi connectivity index (χ1n) is 4.34. The third kappa shape index (κ3) is 2.18. The lowest BCUT2D eigenvalue weighted by atomic mass is 9.92. The molecule has 1 aromatic rings. The summed E-state index contributed by atoms with van der Waals surface area (Å²) in [5.74, 6) is 0.112. The summed E-state index contributed by atoms with van der Waals surface area (Å²) in [7, 11) is 1.41. The molecule has 0 saturated heterocycles. The van der Waals surface area contributed by atoms with E-state index in [1.807, 2.05) is 0 Å². The molecule has 15 heavy (non-hydrogen) atoms. The Labute approximate surface area is 86.5 Å². The van der Waals surface area contributed by atoms with E-state index in [-0.39, 0.29) is 11.3 Å². The summed E-state index contributed by atoms with van der Waals surface area (Å²) in [6.07, 6.45) is -2.77. The van der Waals surface area contributed by atoms with Crippen LogP contribution in [0.4, 0.5) is 8.78 Å². The van der Waals surface area contributed by atoms with Crippen LogP contribution in [0.2, 0.25) is 0 Å². The van der Waals surface area contributed by atoms with Gasteiger partial charge in [0.2, 0.25) is 0 Å². The number of nitrogens with two attached hydrogens (primary N) is 1. The van der Waals surface area contributed by atoms with Gasteiger partial charge in [0.25, 0.3) is 6.43 Å². The van der Waals surface area contributed by atoms with E-state index in [2.05, 4.69) is 0 Å². The molecule has 0 bridgehead atoms. The van der Waals surface area contributed by atoms with Crippen molar-refractivity contribution in [3.8, 4) is 11.5 Å². The molecule has 0 aliphatic carbocycles. The van der Waals surface area contributed by atoms with Crippen LogP contribution in [0.1, 0.15) is 12.5 Å². The Kier molecular flexibility index (Phi) is 3.14. The maximum absolute atomic E-state index is 12.6. The third-order valence-corrected chi connectivity index (χ3v) is 2.24. The van der Waals surface area contributed by atoms with E-state index in [9.17, 15) is 13.9 Å². The van der Waals surface area contributed by atoms with Gasteiger partial charge in [0.05, 0.1) is 7.11 Å². The van der Waals surface area contributed by atoms with Crippen molar-refractivity contribution in [2.45, 2.75) is 18.9 Å². The summed E-state index contributed by atoms with van der Waals surface area (Å²) < 4.78 is 30.1. The molecule has 3 N–H and O–H groups in total. The molecule has 0 amide bonds.